The van der Waals surface area contributed by atoms with Crippen LogP contribution in [0.3, 0.4) is 0 Å². The first-order valence-corrected chi connectivity index (χ1v) is 11.1. The van der Waals surface area contributed by atoms with Crippen LogP contribution >= 0.6 is 11.6 Å². The van der Waals surface area contributed by atoms with Gasteiger partial charge in [0.2, 0.25) is 5.91 Å². The maximum atomic E-state index is 13.8. The van der Waals surface area contributed by atoms with E-state index >= 15 is 0 Å². The van der Waals surface area contributed by atoms with E-state index in [-0.39, 0.29) is 24.1 Å². The van der Waals surface area contributed by atoms with Crippen molar-refractivity contribution in [2.75, 3.05) is 18.0 Å². The molecule has 0 spiro atoms. The predicted molar refractivity (Wildman–Crippen MR) is 130 cm³/mol. The van der Waals surface area contributed by atoms with E-state index in [0.717, 1.165) is 15.6 Å². The number of amides is 2. The Morgan fingerprint density at radius 2 is 1.88 bits per heavy atom. The molecule has 0 fully saturated rings. The highest BCUT2D eigenvalue weighted by Crippen LogP contribution is 2.30. The Morgan fingerprint density at radius 3 is 2.58 bits per heavy atom. The SMILES string of the molecule is CCNC(=O)Cn1nc(C(=O)N(CC)c2cccc(Cl)c2)c2c3ccccc3n(C)c2c1=O. The molecule has 2 heterocycles. The summed E-state index contributed by atoms with van der Waals surface area (Å²) in [6.45, 7) is 4.15. The van der Waals surface area contributed by atoms with E-state index in [2.05, 4.69) is 10.4 Å². The summed E-state index contributed by atoms with van der Waals surface area (Å²) in [4.78, 5) is 41.0. The molecule has 8 nitrogen and oxygen atoms in total. The summed E-state index contributed by atoms with van der Waals surface area (Å²) >= 11 is 6.16. The van der Waals surface area contributed by atoms with Gasteiger partial charge in [-0.15, -0.1) is 0 Å². The largest absolute Gasteiger partial charge is 0.355 e. The van der Waals surface area contributed by atoms with Crippen molar-refractivity contribution in [2.45, 2.75) is 20.4 Å². The molecule has 4 aromatic rings. The molecule has 33 heavy (non-hydrogen) atoms. The molecule has 0 saturated carbocycles. The molecule has 2 aromatic heterocycles. The van der Waals surface area contributed by atoms with Crippen molar-refractivity contribution >= 4 is 50.9 Å². The Hall–Kier alpha value is -3.65. The van der Waals surface area contributed by atoms with Crippen molar-refractivity contribution in [3.05, 3.63) is 69.6 Å². The Balaban J connectivity index is 2.00. The molecule has 0 aliphatic rings. The fourth-order valence-corrected chi connectivity index (χ4v) is 4.27. The molecule has 0 unspecified atom stereocenters. The van der Waals surface area contributed by atoms with Crippen LogP contribution in [0.4, 0.5) is 5.69 Å². The third-order valence-corrected chi connectivity index (χ3v) is 5.79. The highest BCUT2D eigenvalue weighted by Gasteiger charge is 2.27. The molecule has 0 radical (unpaired) electrons. The van der Waals surface area contributed by atoms with E-state index in [0.29, 0.717) is 34.7 Å². The van der Waals surface area contributed by atoms with Gasteiger partial charge in [0.15, 0.2) is 5.69 Å². The molecule has 9 heteroatoms. The second-order valence-electron chi connectivity index (χ2n) is 7.59. The topological polar surface area (TPSA) is 89.2 Å². The van der Waals surface area contributed by atoms with E-state index in [1.807, 2.05) is 31.2 Å². The molecule has 0 bridgehead atoms. The number of aromatic nitrogens is 3. The maximum absolute atomic E-state index is 13.8. The highest BCUT2D eigenvalue weighted by atomic mass is 35.5. The zero-order valence-corrected chi connectivity index (χ0v) is 19.4. The maximum Gasteiger partial charge on any atom is 0.291 e. The molecule has 1 N–H and O–H groups in total. The Morgan fingerprint density at radius 1 is 1.12 bits per heavy atom. The van der Waals surface area contributed by atoms with Crippen molar-refractivity contribution in [1.29, 1.82) is 0 Å². The number of hydrogen-bond donors (Lipinski definition) is 1. The summed E-state index contributed by atoms with van der Waals surface area (Å²) in [5, 5.41) is 8.80. The highest BCUT2D eigenvalue weighted by molar-refractivity contribution is 6.31. The zero-order valence-electron chi connectivity index (χ0n) is 18.6. The summed E-state index contributed by atoms with van der Waals surface area (Å²) in [6.07, 6.45) is 0. The number of nitrogens with one attached hydrogen (secondary N) is 1. The number of fused-ring (bicyclic) bond motifs is 3. The quantitative estimate of drug-likeness (QED) is 0.473. The molecule has 2 amide bonds. The van der Waals surface area contributed by atoms with Gasteiger partial charge in [-0.1, -0.05) is 35.9 Å². The minimum absolute atomic E-state index is 0.104. The number of anilines is 1. The third kappa shape index (κ3) is 3.98. The average molecular weight is 466 g/mol. The Kier molecular flexibility index (Phi) is 6.20. The molecule has 0 aliphatic heterocycles. The number of benzene rings is 2. The van der Waals surface area contributed by atoms with Crippen molar-refractivity contribution in [1.82, 2.24) is 19.7 Å². The van der Waals surface area contributed by atoms with Crippen LogP contribution in [0.15, 0.2) is 53.3 Å². The van der Waals surface area contributed by atoms with Crippen LogP contribution in [0.25, 0.3) is 21.8 Å². The van der Waals surface area contributed by atoms with Crippen LogP contribution in [-0.2, 0) is 18.4 Å². The van der Waals surface area contributed by atoms with Crippen molar-refractivity contribution in [3.8, 4) is 0 Å². The van der Waals surface area contributed by atoms with Gasteiger partial charge in [0.25, 0.3) is 11.5 Å². The van der Waals surface area contributed by atoms with Gasteiger partial charge in [-0.2, -0.15) is 5.10 Å². The lowest BCUT2D eigenvalue weighted by atomic mass is 10.1. The van der Waals surface area contributed by atoms with Gasteiger partial charge in [-0.05, 0) is 38.1 Å². The first-order valence-electron chi connectivity index (χ1n) is 10.7. The van der Waals surface area contributed by atoms with E-state index in [1.54, 1.807) is 47.7 Å². The fraction of sp³-hybridized carbons (Fsp3) is 0.250. The van der Waals surface area contributed by atoms with Crippen LogP contribution in [-0.4, -0.2) is 39.3 Å². The van der Waals surface area contributed by atoms with Crippen LogP contribution < -0.4 is 15.8 Å². The second-order valence-corrected chi connectivity index (χ2v) is 8.03. The Labute approximate surface area is 195 Å². The molecule has 4 rings (SSSR count). The summed E-state index contributed by atoms with van der Waals surface area (Å²) in [5.74, 6) is -0.739. The van der Waals surface area contributed by atoms with Gasteiger partial charge >= 0.3 is 0 Å². The number of hydrogen-bond acceptors (Lipinski definition) is 4. The molecular formula is C24H24ClN5O3. The van der Waals surface area contributed by atoms with Crippen molar-refractivity contribution < 1.29 is 9.59 Å². The first-order chi connectivity index (χ1) is 15.9. The van der Waals surface area contributed by atoms with E-state index in [1.165, 1.54) is 0 Å². The first kappa shape index (κ1) is 22.5. The minimum Gasteiger partial charge on any atom is -0.355 e. The second kappa shape index (κ2) is 9.07. The number of aryl methyl sites for hydroxylation is 1. The number of carbonyl (C=O) groups excluding carboxylic acids is 2. The van der Waals surface area contributed by atoms with Crippen LogP contribution in [0.5, 0.6) is 0 Å². The average Bonchev–Trinajstić information content (AvgIpc) is 3.09. The number of likely N-dealkylation sites (N-methyl/N-ethyl adjacent to an activating group) is 1. The Bertz CT molecular complexity index is 1440. The number of rotatable bonds is 6. The normalized spacial score (nSPS) is 11.2. The van der Waals surface area contributed by atoms with Crippen LogP contribution in [0.2, 0.25) is 5.02 Å². The third-order valence-electron chi connectivity index (χ3n) is 5.55. The summed E-state index contributed by atoms with van der Waals surface area (Å²) in [7, 11) is 1.77. The van der Waals surface area contributed by atoms with Gasteiger partial charge in [0, 0.05) is 47.1 Å². The van der Waals surface area contributed by atoms with Gasteiger partial charge in [-0.3, -0.25) is 14.4 Å². The molecular weight excluding hydrogens is 442 g/mol. The van der Waals surface area contributed by atoms with E-state index in [4.69, 9.17) is 11.6 Å². The number of halogens is 1. The summed E-state index contributed by atoms with van der Waals surface area (Å²) in [5.41, 5.74) is 1.40. The molecule has 0 aliphatic carbocycles. The molecule has 0 saturated heterocycles. The van der Waals surface area contributed by atoms with E-state index < -0.39 is 5.56 Å². The number of nitrogens with zero attached hydrogens (tertiary/aromatic N) is 4. The predicted octanol–water partition coefficient (Wildman–Crippen LogP) is 3.34. The lowest BCUT2D eigenvalue weighted by molar-refractivity contribution is -0.121. The number of para-hydroxylation sites is 1. The van der Waals surface area contributed by atoms with Gasteiger partial charge < -0.3 is 14.8 Å². The van der Waals surface area contributed by atoms with Gasteiger partial charge in [0.05, 0.1) is 0 Å². The molecule has 2 aromatic carbocycles. The fourth-order valence-electron chi connectivity index (χ4n) is 4.08. The van der Waals surface area contributed by atoms with Gasteiger partial charge in [-0.25, -0.2) is 4.68 Å². The zero-order chi connectivity index (χ0) is 23.7. The van der Waals surface area contributed by atoms with Crippen LogP contribution in [0, 0.1) is 0 Å². The minimum atomic E-state index is -0.433. The smallest absolute Gasteiger partial charge is 0.291 e. The molecule has 0 atom stereocenters. The summed E-state index contributed by atoms with van der Waals surface area (Å²) < 4.78 is 2.81. The monoisotopic (exact) mass is 465 g/mol. The van der Waals surface area contributed by atoms with Crippen LogP contribution in [0.1, 0.15) is 24.3 Å². The van der Waals surface area contributed by atoms with E-state index in [9.17, 15) is 14.4 Å². The summed E-state index contributed by atoms with van der Waals surface area (Å²) in [6, 6.07) is 14.5. The van der Waals surface area contributed by atoms with Crippen molar-refractivity contribution in [3.63, 3.8) is 0 Å². The standard InChI is InChI=1S/C24H24ClN5O3/c1-4-26-19(31)14-30-24(33)22-20(17-11-6-7-12-18(17)28(22)3)21(27-30)23(32)29(5-2)16-10-8-9-15(25)13-16/h6-13H,4-5,14H2,1-3H3,(H,26,31). The lowest BCUT2D eigenvalue weighted by Crippen LogP contribution is -2.37. The number of carbonyl (C=O) groups is 2. The lowest BCUT2D eigenvalue weighted by Gasteiger charge is -2.21. The van der Waals surface area contributed by atoms with Gasteiger partial charge in [0.1, 0.15) is 12.1 Å². The van der Waals surface area contributed by atoms with Crippen molar-refractivity contribution in [2.24, 2.45) is 7.05 Å². The molecule has 170 valence electrons.